The highest BCUT2D eigenvalue weighted by Crippen LogP contribution is 2.32. The molecule has 1 amide bonds. The summed E-state index contributed by atoms with van der Waals surface area (Å²) >= 11 is 0. The first kappa shape index (κ1) is 21.5. The van der Waals surface area contributed by atoms with Crippen molar-refractivity contribution >= 4 is 24.0 Å². The molecule has 0 aliphatic carbocycles. The van der Waals surface area contributed by atoms with Gasteiger partial charge in [-0.05, 0) is 29.3 Å². The zero-order valence-electron chi connectivity index (χ0n) is 17.0. The minimum absolute atomic E-state index is 0.290. The maximum atomic E-state index is 12.5. The van der Waals surface area contributed by atoms with Crippen LogP contribution in [0.25, 0.3) is 11.1 Å². The molecule has 0 saturated heterocycles. The molecule has 1 heterocycles. The van der Waals surface area contributed by atoms with Crippen molar-refractivity contribution < 1.29 is 28.6 Å². The topological polar surface area (TPSA) is 104 Å². The second kappa shape index (κ2) is 10.0. The molecule has 0 aliphatic heterocycles. The van der Waals surface area contributed by atoms with Gasteiger partial charge < -0.3 is 19.5 Å². The Bertz CT molecular complexity index is 1100. The normalized spacial score (nSPS) is 10.1. The highest BCUT2D eigenvalue weighted by atomic mass is 16.5. The molecule has 1 N–H and O–H groups in total. The summed E-state index contributed by atoms with van der Waals surface area (Å²) in [7, 11) is 2.96. The molecule has 0 atom stereocenters. The first-order valence-electron chi connectivity index (χ1n) is 9.27. The molecule has 8 heteroatoms. The van der Waals surface area contributed by atoms with Crippen molar-refractivity contribution in [2.45, 2.75) is 6.42 Å². The van der Waals surface area contributed by atoms with Crippen LogP contribution in [0.1, 0.15) is 16.8 Å². The minimum Gasteiger partial charge on any atom is -0.493 e. The number of hydrogen-bond acceptors (Lipinski definition) is 7. The molecule has 3 rings (SSSR count). The molecule has 2 aromatic carbocycles. The molecule has 0 aliphatic rings. The Labute approximate surface area is 178 Å². The van der Waals surface area contributed by atoms with Gasteiger partial charge in [0.25, 0.3) is 6.47 Å². The van der Waals surface area contributed by atoms with Crippen molar-refractivity contribution in [3.05, 3.63) is 66.2 Å². The fourth-order valence-corrected chi connectivity index (χ4v) is 2.88. The van der Waals surface area contributed by atoms with Gasteiger partial charge >= 0.3 is 0 Å². The monoisotopic (exact) mass is 420 g/mol. The first-order chi connectivity index (χ1) is 15.0. The maximum absolute atomic E-state index is 12.5. The number of carbonyl (C=O) groups is 3. The maximum Gasteiger partial charge on any atom is 0.298 e. The van der Waals surface area contributed by atoms with E-state index in [0.29, 0.717) is 29.5 Å². The standard InChI is InChI=1S/C23H20N2O6/c1-29-19-11-10-17(12-20(19)31-14-26)15-6-8-16(9-7-15)18(27)13-22(28)24-21-4-3-5-23(25-21)30-2/h3-12,14H,13H2,1-2H3,(H,24,25,28). The van der Waals surface area contributed by atoms with E-state index in [2.05, 4.69) is 10.3 Å². The van der Waals surface area contributed by atoms with Crippen LogP contribution in [-0.2, 0) is 9.59 Å². The van der Waals surface area contributed by atoms with Gasteiger partial charge in [-0.3, -0.25) is 14.4 Å². The lowest BCUT2D eigenvalue weighted by Gasteiger charge is -2.09. The van der Waals surface area contributed by atoms with Crippen LogP contribution < -0.4 is 19.5 Å². The Kier molecular flexibility index (Phi) is 6.95. The van der Waals surface area contributed by atoms with Crippen LogP contribution in [0, 0.1) is 0 Å². The summed E-state index contributed by atoms with van der Waals surface area (Å²) in [5.74, 6) is 0.588. The largest absolute Gasteiger partial charge is 0.493 e. The molecule has 31 heavy (non-hydrogen) atoms. The van der Waals surface area contributed by atoms with E-state index in [9.17, 15) is 14.4 Å². The number of ketones is 1. The molecule has 0 unspecified atom stereocenters. The fraction of sp³-hybridized carbons (Fsp3) is 0.130. The van der Waals surface area contributed by atoms with E-state index >= 15 is 0 Å². The molecule has 0 saturated carbocycles. The molecule has 0 bridgehead atoms. The zero-order valence-corrected chi connectivity index (χ0v) is 17.0. The highest BCUT2D eigenvalue weighted by Gasteiger charge is 2.14. The Morgan fingerprint density at radius 3 is 2.35 bits per heavy atom. The number of aromatic nitrogens is 1. The summed E-state index contributed by atoms with van der Waals surface area (Å²) in [6, 6.07) is 16.9. The van der Waals surface area contributed by atoms with E-state index in [-0.39, 0.29) is 18.0 Å². The predicted octanol–water partition coefficient (Wildman–Crippen LogP) is 3.51. The van der Waals surface area contributed by atoms with Gasteiger partial charge in [0.2, 0.25) is 11.8 Å². The SMILES string of the molecule is COc1cccc(NC(=O)CC(=O)c2ccc(-c3ccc(OC)c(OC=O)c3)cc2)n1. The molecule has 1 aromatic heterocycles. The van der Waals surface area contributed by atoms with Crippen LogP contribution in [-0.4, -0.2) is 37.4 Å². The van der Waals surface area contributed by atoms with E-state index in [1.807, 2.05) is 6.07 Å². The van der Waals surface area contributed by atoms with Crippen LogP contribution in [0.2, 0.25) is 0 Å². The van der Waals surface area contributed by atoms with Crippen molar-refractivity contribution in [2.75, 3.05) is 19.5 Å². The number of ether oxygens (including phenoxy) is 3. The third-order valence-electron chi connectivity index (χ3n) is 4.40. The van der Waals surface area contributed by atoms with Gasteiger partial charge in [-0.2, -0.15) is 4.98 Å². The number of amides is 1. The summed E-state index contributed by atoms with van der Waals surface area (Å²) in [5.41, 5.74) is 1.98. The lowest BCUT2D eigenvalue weighted by molar-refractivity contribution is -0.120. The smallest absolute Gasteiger partial charge is 0.298 e. The van der Waals surface area contributed by atoms with Crippen molar-refractivity contribution in [3.8, 4) is 28.5 Å². The molecule has 0 radical (unpaired) electrons. The number of anilines is 1. The number of carbonyl (C=O) groups excluding carboxylic acids is 3. The van der Waals surface area contributed by atoms with Gasteiger partial charge in [0.15, 0.2) is 17.3 Å². The van der Waals surface area contributed by atoms with Crippen LogP contribution in [0.5, 0.6) is 17.4 Å². The molecule has 158 valence electrons. The minimum atomic E-state index is -0.472. The number of methoxy groups -OCH3 is 2. The number of nitrogens with zero attached hydrogens (tertiary/aromatic N) is 1. The number of rotatable bonds is 9. The molecular formula is C23H20N2O6. The quantitative estimate of drug-likeness (QED) is 0.321. The third kappa shape index (κ3) is 5.45. The van der Waals surface area contributed by atoms with Gasteiger partial charge in [0.05, 0.1) is 20.6 Å². The lowest BCUT2D eigenvalue weighted by Crippen LogP contribution is -2.17. The first-order valence-corrected chi connectivity index (χ1v) is 9.27. The number of Topliss-reactive ketones (excluding diaryl/α,β-unsaturated/α-hetero) is 1. The van der Waals surface area contributed by atoms with Gasteiger partial charge in [-0.1, -0.05) is 36.4 Å². The number of hydrogen-bond donors (Lipinski definition) is 1. The third-order valence-corrected chi connectivity index (χ3v) is 4.40. The van der Waals surface area contributed by atoms with E-state index in [0.717, 1.165) is 11.1 Å². The highest BCUT2D eigenvalue weighted by molar-refractivity contribution is 6.10. The van der Waals surface area contributed by atoms with Crippen LogP contribution in [0.15, 0.2) is 60.7 Å². The second-order valence-corrected chi connectivity index (χ2v) is 6.37. The average molecular weight is 420 g/mol. The molecule has 3 aromatic rings. The summed E-state index contributed by atoms with van der Waals surface area (Å²) in [6.07, 6.45) is -0.321. The van der Waals surface area contributed by atoms with Crippen molar-refractivity contribution in [1.29, 1.82) is 0 Å². The molecule has 8 nitrogen and oxygen atoms in total. The summed E-state index contributed by atoms with van der Waals surface area (Å²) < 4.78 is 15.1. The number of nitrogens with one attached hydrogen (secondary N) is 1. The molecule has 0 spiro atoms. The second-order valence-electron chi connectivity index (χ2n) is 6.37. The summed E-state index contributed by atoms with van der Waals surface area (Å²) in [5, 5.41) is 2.58. The Hall–Kier alpha value is -4.20. The van der Waals surface area contributed by atoms with Gasteiger partial charge in [-0.25, -0.2) is 0 Å². The van der Waals surface area contributed by atoms with Crippen LogP contribution in [0.4, 0.5) is 5.82 Å². The van der Waals surface area contributed by atoms with E-state index in [1.54, 1.807) is 54.6 Å². The Morgan fingerprint density at radius 1 is 0.935 bits per heavy atom. The van der Waals surface area contributed by atoms with Crippen molar-refractivity contribution in [1.82, 2.24) is 4.98 Å². The van der Waals surface area contributed by atoms with Crippen molar-refractivity contribution in [2.24, 2.45) is 0 Å². The summed E-state index contributed by atoms with van der Waals surface area (Å²) in [4.78, 5) is 39.4. The predicted molar refractivity (Wildman–Crippen MR) is 113 cm³/mol. The molecule has 0 fully saturated rings. The van der Waals surface area contributed by atoms with Crippen LogP contribution in [0.3, 0.4) is 0 Å². The number of pyridine rings is 1. The van der Waals surface area contributed by atoms with E-state index < -0.39 is 5.91 Å². The van der Waals surface area contributed by atoms with Crippen molar-refractivity contribution in [3.63, 3.8) is 0 Å². The van der Waals surface area contributed by atoms with Gasteiger partial charge in [0, 0.05) is 11.6 Å². The Balaban J connectivity index is 1.68. The Morgan fingerprint density at radius 2 is 1.68 bits per heavy atom. The molecular weight excluding hydrogens is 400 g/mol. The van der Waals surface area contributed by atoms with Gasteiger partial charge in [0.1, 0.15) is 5.82 Å². The van der Waals surface area contributed by atoms with Gasteiger partial charge in [-0.15, -0.1) is 0 Å². The summed E-state index contributed by atoms with van der Waals surface area (Å²) in [6.45, 7) is 0.329. The van der Waals surface area contributed by atoms with E-state index in [4.69, 9.17) is 14.2 Å². The zero-order chi connectivity index (χ0) is 22.2. The fourth-order valence-electron chi connectivity index (χ4n) is 2.88. The average Bonchev–Trinajstić information content (AvgIpc) is 2.79. The van der Waals surface area contributed by atoms with E-state index in [1.165, 1.54) is 14.2 Å². The lowest BCUT2D eigenvalue weighted by atomic mass is 10.0. The van der Waals surface area contributed by atoms with Crippen LogP contribution >= 0.6 is 0 Å². The number of benzene rings is 2.